The van der Waals surface area contributed by atoms with Crippen LogP contribution in [-0.2, 0) is 19.1 Å². The highest BCUT2D eigenvalue weighted by atomic mass is 16.6. The molecule has 25 heavy (non-hydrogen) atoms. The molecule has 1 aromatic rings. The third kappa shape index (κ3) is 2.18. The summed E-state index contributed by atoms with van der Waals surface area (Å²) in [4.78, 5) is 38.7. The smallest absolute Gasteiger partial charge is 0.416 e. The Bertz CT molecular complexity index is 747. The first-order valence-corrected chi connectivity index (χ1v) is 8.51. The second kappa shape index (κ2) is 5.84. The fourth-order valence-electron chi connectivity index (χ4n) is 3.97. The molecule has 0 radical (unpaired) electrons. The predicted octanol–water partition coefficient (Wildman–Crippen LogP) is 1.85. The molecule has 2 heterocycles. The van der Waals surface area contributed by atoms with Gasteiger partial charge >= 0.3 is 12.1 Å². The maximum atomic E-state index is 13.1. The summed E-state index contributed by atoms with van der Waals surface area (Å²) in [7, 11) is 0. The predicted molar refractivity (Wildman–Crippen MR) is 85.0 cm³/mol. The summed E-state index contributed by atoms with van der Waals surface area (Å²) in [6.07, 6.45) is 0.0987. The van der Waals surface area contributed by atoms with Crippen molar-refractivity contribution in [2.75, 3.05) is 19.8 Å². The van der Waals surface area contributed by atoms with Crippen LogP contribution in [0.4, 0.5) is 4.79 Å². The van der Waals surface area contributed by atoms with Gasteiger partial charge in [-0.1, -0.05) is 25.1 Å². The van der Waals surface area contributed by atoms with E-state index in [-0.39, 0.29) is 25.7 Å². The Morgan fingerprint density at radius 3 is 2.88 bits per heavy atom. The number of hydrogen-bond acceptors (Lipinski definition) is 6. The van der Waals surface area contributed by atoms with Gasteiger partial charge in [0.05, 0.1) is 12.6 Å². The normalized spacial score (nSPS) is 30.0. The largest absolute Gasteiger partial charge is 0.447 e. The molecule has 1 aromatic carbocycles. The van der Waals surface area contributed by atoms with Crippen LogP contribution in [0, 0.1) is 5.41 Å². The van der Waals surface area contributed by atoms with Gasteiger partial charge in [0.25, 0.3) is 0 Å². The Hall–Kier alpha value is -2.41. The molecule has 3 aliphatic rings. The third-order valence-corrected chi connectivity index (χ3v) is 5.17. The lowest BCUT2D eigenvalue weighted by atomic mass is 9.53. The number of benzene rings is 1. The third-order valence-electron chi connectivity index (χ3n) is 5.17. The van der Waals surface area contributed by atoms with Gasteiger partial charge in [-0.05, 0) is 18.9 Å². The number of ether oxygens (including phenoxy) is 3. The summed E-state index contributed by atoms with van der Waals surface area (Å²) in [5.74, 6) is -1.15. The molecule has 1 aliphatic carbocycles. The minimum absolute atomic E-state index is 0.146. The van der Waals surface area contributed by atoms with E-state index in [0.717, 1.165) is 16.9 Å². The zero-order valence-corrected chi connectivity index (χ0v) is 13.9. The molecule has 0 N–H and O–H groups in total. The number of rotatable bonds is 4. The Kier molecular flexibility index (Phi) is 3.76. The molecule has 2 amide bonds. The second-order valence-electron chi connectivity index (χ2n) is 6.56. The van der Waals surface area contributed by atoms with E-state index in [1.807, 2.05) is 19.1 Å². The van der Waals surface area contributed by atoms with Crippen molar-refractivity contribution < 1.29 is 28.6 Å². The highest BCUT2D eigenvalue weighted by molar-refractivity contribution is 6.11. The Morgan fingerprint density at radius 2 is 2.16 bits per heavy atom. The van der Waals surface area contributed by atoms with Crippen molar-refractivity contribution in [2.45, 2.75) is 31.8 Å². The molecular weight excluding hydrogens is 326 g/mol. The number of carbonyl (C=O) groups excluding carboxylic acids is 3. The van der Waals surface area contributed by atoms with Crippen LogP contribution in [0.5, 0.6) is 5.75 Å². The zero-order valence-electron chi connectivity index (χ0n) is 13.9. The van der Waals surface area contributed by atoms with Crippen molar-refractivity contribution in [2.24, 2.45) is 5.41 Å². The van der Waals surface area contributed by atoms with Crippen molar-refractivity contribution in [1.82, 2.24) is 4.90 Å². The molecule has 7 nitrogen and oxygen atoms in total. The molecule has 132 valence electrons. The van der Waals surface area contributed by atoms with Gasteiger partial charge in [0, 0.05) is 18.1 Å². The molecular formula is C18H19NO6. The number of esters is 1. The van der Waals surface area contributed by atoms with Crippen molar-refractivity contribution >= 4 is 18.0 Å². The minimum Gasteiger partial charge on any atom is -0.447 e. The molecule has 7 heteroatoms. The Balaban J connectivity index is 1.74. The molecule has 4 rings (SSSR count). The Morgan fingerprint density at radius 1 is 1.36 bits per heavy atom. The van der Waals surface area contributed by atoms with Crippen molar-refractivity contribution in [1.29, 1.82) is 0 Å². The number of nitrogens with zero attached hydrogens (tertiary/aromatic N) is 1. The van der Waals surface area contributed by atoms with Crippen molar-refractivity contribution in [3.05, 3.63) is 29.8 Å². The number of imide groups is 1. The van der Waals surface area contributed by atoms with Gasteiger partial charge in [0.15, 0.2) is 5.41 Å². The van der Waals surface area contributed by atoms with Crippen LogP contribution in [0.15, 0.2) is 24.3 Å². The van der Waals surface area contributed by atoms with E-state index in [0.29, 0.717) is 12.4 Å². The van der Waals surface area contributed by atoms with E-state index in [2.05, 4.69) is 0 Å². The van der Waals surface area contributed by atoms with Gasteiger partial charge in [-0.25, -0.2) is 9.69 Å². The van der Waals surface area contributed by atoms with Crippen LogP contribution in [0.2, 0.25) is 0 Å². The van der Waals surface area contributed by atoms with Crippen LogP contribution in [0.3, 0.4) is 0 Å². The lowest BCUT2D eigenvalue weighted by molar-refractivity contribution is -0.186. The van der Waals surface area contributed by atoms with Crippen LogP contribution in [0.25, 0.3) is 0 Å². The average Bonchev–Trinajstić information content (AvgIpc) is 3.01. The SMILES string of the molecule is CCCO[C@@H]1C[C@@]2(C(=O)N3CCOC3=O)C(=O)Oc3ccccc3[C@@H]12. The Labute approximate surface area is 144 Å². The number of cyclic esters (lactones) is 1. The van der Waals surface area contributed by atoms with Crippen LogP contribution in [0.1, 0.15) is 31.2 Å². The van der Waals surface area contributed by atoms with Crippen molar-refractivity contribution in [3.8, 4) is 5.75 Å². The lowest BCUT2D eigenvalue weighted by Crippen LogP contribution is -2.66. The molecule has 1 saturated heterocycles. The molecule has 0 bridgehead atoms. The number of hydrogen-bond donors (Lipinski definition) is 0. The quantitative estimate of drug-likeness (QED) is 0.471. The molecule has 0 unspecified atom stereocenters. The zero-order chi connectivity index (χ0) is 17.6. The van der Waals surface area contributed by atoms with Crippen molar-refractivity contribution in [3.63, 3.8) is 0 Å². The van der Waals surface area contributed by atoms with Gasteiger partial charge in [-0.2, -0.15) is 0 Å². The van der Waals surface area contributed by atoms with Gasteiger partial charge in [0.2, 0.25) is 5.91 Å². The summed E-state index contributed by atoms with van der Waals surface area (Å²) in [5, 5.41) is 0. The number of fused-ring (bicyclic) bond motifs is 3. The van der Waals surface area contributed by atoms with Gasteiger partial charge in [0.1, 0.15) is 12.4 Å². The van der Waals surface area contributed by atoms with Crippen LogP contribution < -0.4 is 4.74 Å². The summed E-state index contributed by atoms with van der Waals surface area (Å²) < 4.78 is 16.2. The van der Waals surface area contributed by atoms with Gasteiger partial charge < -0.3 is 14.2 Å². The van der Waals surface area contributed by atoms with E-state index in [4.69, 9.17) is 14.2 Å². The summed E-state index contributed by atoms with van der Waals surface area (Å²) in [6, 6.07) is 7.17. The average molecular weight is 345 g/mol. The number of para-hydroxylation sites is 1. The second-order valence-corrected chi connectivity index (χ2v) is 6.56. The number of amides is 2. The molecule has 0 spiro atoms. The summed E-state index contributed by atoms with van der Waals surface area (Å²) in [5.41, 5.74) is -0.633. The highest BCUT2D eigenvalue weighted by Gasteiger charge is 2.70. The van der Waals surface area contributed by atoms with Gasteiger partial charge in [-0.15, -0.1) is 0 Å². The first-order valence-electron chi connectivity index (χ1n) is 8.51. The molecule has 3 atom stereocenters. The van der Waals surface area contributed by atoms with Crippen LogP contribution >= 0.6 is 0 Å². The number of carbonyl (C=O) groups is 3. The topological polar surface area (TPSA) is 82.1 Å². The van der Waals surface area contributed by atoms with E-state index >= 15 is 0 Å². The van der Waals surface area contributed by atoms with E-state index in [1.165, 1.54) is 0 Å². The molecule has 1 saturated carbocycles. The molecule has 0 aromatic heterocycles. The summed E-state index contributed by atoms with van der Waals surface area (Å²) in [6.45, 7) is 2.85. The molecule has 2 fully saturated rings. The summed E-state index contributed by atoms with van der Waals surface area (Å²) >= 11 is 0. The first kappa shape index (κ1) is 16.1. The fraction of sp³-hybridized carbons (Fsp3) is 0.500. The van der Waals surface area contributed by atoms with Gasteiger partial charge in [-0.3, -0.25) is 9.59 Å². The lowest BCUT2D eigenvalue weighted by Gasteiger charge is -2.54. The van der Waals surface area contributed by atoms with Crippen LogP contribution in [-0.4, -0.2) is 48.7 Å². The first-order chi connectivity index (χ1) is 12.1. The highest BCUT2D eigenvalue weighted by Crippen LogP contribution is 2.60. The van der Waals surface area contributed by atoms with E-state index in [9.17, 15) is 14.4 Å². The maximum absolute atomic E-state index is 13.1. The monoisotopic (exact) mass is 345 g/mol. The standard InChI is InChI=1S/C18H19NO6/c1-2-8-23-13-10-18(15(20)19-7-9-24-17(19)22)14(13)11-5-3-4-6-12(11)25-16(18)21/h3-6,13-14H,2,7-10H2,1H3/t13-,14+,18-/m1/s1. The van der Waals surface area contributed by atoms with E-state index < -0.39 is 29.3 Å². The minimum atomic E-state index is -1.41. The maximum Gasteiger partial charge on any atom is 0.416 e. The fourth-order valence-corrected chi connectivity index (χ4v) is 3.97. The molecule has 2 aliphatic heterocycles. The van der Waals surface area contributed by atoms with E-state index in [1.54, 1.807) is 12.1 Å².